The van der Waals surface area contributed by atoms with Crippen molar-refractivity contribution in [2.24, 2.45) is 16.5 Å². The van der Waals surface area contributed by atoms with Crippen LogP contribution in [0.1, 0.15) is 11.6 Å². The van der Waals surface area contributed by atoms with Crippen molar-refractivity contribution >= 4 is 22.8 Å². The van der Waals surface area contributed by atoms with Gasteiger partial charge >= 0.3 is 5.97 Å². The van der Waals surface area contributed by atoms with Gasteiger partial charge in [0.25, 0.3) is 5.56 Å². The molecule has 0 fully saturated rings. The van der Waals surface area contributed by atoms with Gasteiger partial charge in [-0.1, -0.05) is 0 Å². The molecule has 9 nitrogen and oxygen atoms in total. The van der Waals surface area contributed by atoms with E-state index in [1.165, 1.54) is 25.6 Å². The normalized spacial score (nSPS) is 11.9. The molecule has 9 heteroatoms. The summed E-state index contributed by atoms with van der Waals surface area (Å²) in [5.41, 5.74) is 10.6. The van der Waals surface area contributed by atoms with Crippen molar-refractivity contribution in [3.8, 4) is 5.75 Å². The van der Waals surface area contributed by atoms with Crippen molar-refractivity contribution in [3.05, 3.63) is 34.4 Å². The standard InChI is InChI=1S/C12H13N5O4/c1-21-8-3-7-5(10(18)16-4-15-7)2-6(8)9(11(19)20)17-12(13)14/h2-4,9H,1H3,(H,19,20)(H4,13,14,17)(H,15,16,18). The van der Waals surface area contributed by atoms with E-state index in [1.807, 2.05) is 0 Å². The molecular formula is C12H13N5O4. The van der Waals surface area contributed by atoms with E-state index in [9.17, 15) is 14.7 Å². The Balaban J connectivity index is 2.76. The van der Waals surface area contributed by atoms with Gasteiger partial charge in [0.15, 0.2) is 12.0 Å². The number of aromatic amines is 1. The highest BCUT2D eigenvalue weighted by Gasteiger charge is 2.24. The molecule has 1 heterocycles. The lowest BCUT2D eigenvalue weighted by Gasteiger charge is -2.13. The Bertz CT molecular complexity index is 779. The molecule has 0 aliphatic rings. The summed E-state index contributed by atoms with van der Waals surface area (Å²) in [7, 11) is 1.37. The van der Waals surface area contributed by atoms with Crippen LogP contribution in [-0.4, -0.2) is 34.1 Å². The number of fused-ring (bicyclic) bond motifs is 1. The number of carboxylic acids is 1. The average molecular weight is 291 g/mol. The van der Waals surface area contributed by atoms with Crippen LogP contribution in [0.4, 0.5) is 0 Å². The zero-order valence-corrected chi connectivity index (χ0v) is 11.0. The van der Waals surface area contributed by atoms with E-state index in [0.29, 0.717) is 5.52 Å². The maximum atomic E-state index is 11.8. The number of rotatable bonds is 4. The number of nitrogens with two attached hydrogens (primary N) is 2. The highest BCUT2D eigenvalue weighted by molar-refractivity contribution is 5.87. The third-order valence-corrected chi connectivity index (χ3v) is 2.80. The first kappa shape index (κ1) is 14.3. The highest BCUT2D eigenvalue weighted by atomic mass is 16.5. The number of methoxy groups -OCH3 is 1. The molecule has 0 amide bonds. The Morgan fingerprint density at radius 2 is 2.19 bits per heavy atom. The minimum Gasteiger partial charge on any atom is -0.496 e. The fourth-order valence-corrected chi connectivity index (χ4v) is 1.91. The Morgan fingerprint density at radius 1 is 1.48 bits per heavy atom. The third kappa shape index (κ3) is 2.76. The molecule has 0 saturated heterocycles. The summed E-state index contributed by atoms with van der Waals surface area (Å²) in [6.07, 6.45) is 1.24. The number of carbonyl (C=O) groups is 1. The smallest absolute Gasteiger partial charge is 0.333 e. The van der Waals surface area contributed by atoms with Crippen LogP contribution in [0.5, 0.6) is 5.75 Å². The van der Waals surface area contributed by atoms with Crippen LogP contribution in [0.25, 0.3) is 10.9 Å². The molecule has 1 unspecified atom stereocenters. The lowest BCUT2D eigenvalue weighted by atomic mass is 10.0. The topological polar surface area (TPSA) is 157 Å². The molecule has 1 atom stereocenters. The average Bonchev–Trinajstić information content (AvgIpc) is 2.43. The van der Waals surface area contributed by atoms with Gasteiger partial charge in [0.05, 0.1) is 24.3 Å². The number of guanidine groups is 1. The van der Waals surface area contributed by atoms with E-state index in [0.717, 1.165) is 0 Å². The van der Waals surface area contributed by atoms with Crippen LogP contribution in [0.15, 0.2) is 28.2 Å². The molecule has 21 heavy (non-hydrogen) atoms. The van der Waals surface area contributed by atoms with Gasteiger partial charge < -0.3 is 26.3 Å². The van der Waals surface area contributed by atoms with Crippen LogP contribution in [0.2, 0.25) is 0 Å². The summed E-state index contributed by atoms with van der Waals surface area (Å²) in [6.45, 7) is 0. The van der Waals surface area contributed by atoms with Gasteiger partial charge in [-0.15, -0.1) is 0 Å². The van der Waals surface area contributed by atoms with Crippen LogP contribution in [-0.2, 0) is 4.79 Å². The van der Waals surface area contributed by atoms with E-state index < -0.39 is 17.6 Å². The number of carboxylic acid groups (broad SMARTS) is 1. The first-order valence-electron chi connectivity index (χ1n) is 5.81. The quantitative estimate of drug-likeness (QED) is 0.429. The predicted octanol–water partition coefficient (Wildman–Crippen LogP) is -0.669. The van der Waals surface area contributed by atoms with Crippen molar-refractivity contribution in [1.82, 2.24) is 9.97 Å². The lowest BCUT2D eigenvalue weighted by molar-refractivity contribution is -0.138. The Kier molecular flexibility index (Phi) is 3.74. The zero-order chi connectivity index (χ0) is 15.6. The Labute approximate surface area is 118 Å². The fourth-order valence-electron chi connectivity index (χ4n) is 1.91. The molecule has 6 N–H and O–H groups in total. The van der Waals surface area contributed by atoms with Crippen LogP contribution in [0, 0.1) is 0 Å². The van der Waals surface area contributed by atoms with Gasteiger partial charge in [0.2, 0.25) is 0 Å². The van der Waals surface area contributed by atoms with Gasteiger partial charge in [0, 0.05) is 11.6 Å². The van der Waals surface area contributed by atoms with Crippen LogP contribution in [0.3, 0.4) is 0 Å². The molecule has 0 spiro atoms. The molecule has 0 aliphatic heterocycles. The van der Waals surface area contributed by atoms with Gasteiger partial charge in [-0.05, 0) is 6.07 Å². The molecule has 0 aliphatic carbocycles. The summed E-state index contributed by atoms with van der Waals surface area (Å²) in [6, 6.07) is 1.43. The number of nitrogens with zero attached hydrogens (tertiary/aromatic N) is 2. The van der Waals surface area contributed by atoms with Crippen molar-refractivity contribution in [3.63, 3.8) is 0 Å². The van der Waals surface area contributed by atoms with Crippen LogP contribution >= 0.6 is 0 Å². The largest absolute Gasteiger partial charge is 0.496 e. The zero-order valence-electron chi connectivity index (χ0n) is 11.0. The molecule has 0 bridgehead atoms. The number of H-pyrrole nitrogens is 1. The number of aliphatic imine (C=N–C) groups is 1. The first-order chi connectivity index (χ1) is 9.93. The molecule has 2 rings (SSSR count). The maximum absolute atomic E-state index is 11.8. The number of hydrogen-bond donors (Lipinski definition) is 4. The summed E-state index contributed by atoms with van der Waals surface area (Å²) in [5.74, 6) is -1.44. The van der Waals surface area contributed by atoms with Crippen LogP contribution < -0.4 is 21.8 Å². The minimum absolute atomic E-state index is 0.157. The number of aliphatic carboxylic acids is 1. The molecule has 110 valence electrons. The summed E-state index contributed by atoms with van der Waals surface area (Å²) < 4.78 is 5.14. The van der Waals surface area contributed by atoms with E-state index >= 15 is 0 Å². The third-order valence-electron chi connectivity index (χ3n) is 2.80. The molecule has 0 saturated carbocycles. The lowest BCUT2D eigenvalue weighted by Crippen LogP contribution is -2.26. The predicted molar refractivity (Wildman–Crippen MR) is 75.1 cm³/mol. The fraction of sp³-hybridized carbons (Fsp3) is 0.167. The molecule has 1 aromatic heterocycles. The van der Waals surface area contributed by atoms with E-state index in [-0.39, 0.29) is 22.7 Å². The number of ether oxygens (including phenoxy) is 1. The SMILES string of the molecule is COc1cc2nc[nH]c(=O)c2cc1C(N=C(N)N)C(=O)O. The van der Waals surface area contributed by atoms with Gasteiger partial charge in [-0.2, -0.15) is 0 Å². The van der Waals surface area contributed by atoms with Crippen molar-refractivity contribution < 1.29 is 14.6 Å². The molecule has 1 aromatic carbocycles. The maximum Gasteiger partial charge on any atom is 0.333 e. The minimum atomic E-state index is -1.38. The Hall–Kier alpha value is -3.10. The van der Waals surface area contributed by atoms with E-state index in [1.54, 1.807) is 0 Å². The molecule has 0 radical (unpaired) electrons. The summed E-state index contributed by atoms with van der Waals surface area (Å²) in [5, 5.41) is 9.47. The number of benzene rings is 1. The first-order valence-corrected chi connectivity index (χ1v) is 5.81. The summed E-state index contributed by atoms with van der Waals surface area (Å²) >= 11 is 0. The van der Waals surface area contributed by atoms with Crippen molar-refractivity contribution in [1.29, 1.82) is 0 Å². The Morgan fingerprint density at radius 3 is 2.76 bits per heavy atom. The summed E-state index contributed by atoms with van der Waals surface area (Å²) in [4.78, 5) is 33.2. The second kappa shape index (κ2) is 5.49. The highest BCUT2D eigenvalue weighted by Crippen LogP contribution is 2.30. The molecule has 2 aromatic rings. The van der Waals surface area contributed by atoms with Gasteiger partial charge in [0.1, 0.15) is 5.75 Å². The van der Waals surface area contributed by atoms with Gasteiger partial charge in [-0.3, -0.25) is 4.79 Å². The van der Waals surface area contributed by atoms with Crippen molar-refractivity contribution in [2.75, 3.05) is 7.11 Å². The second-order valence-electron chi connectivity index (χ2n) is 4.14. The molecular weight excluding hydrogens is 278 g/mol. The van der Waals surface area contributed by atoms with E-state index in [2.05, 4.69) is 15.0 Å². The van der Waals surface area contributed by atoms with E-state index in [4.69, 9.17) is 16.2 Å². The number of aromatic nitrogens is 2. The monoisotopic (exact) mass is 291 g/mol. The van der Waals surface area contributed by atoms with Crippen molar-refractivity contribution in [2.45, 2.75) is 6.04 Å². The number of hydrogen-bond acceptors (Lipinski definition) is 5. The second-order valence-corrected chi connectivity index (χ2v) is 4.14. The number of nitrogens with one attached hydrogen (secondary N) is 1. The van der Waals surface area contributed by atoms with Gasteiger partial charge in [-0.25, -0.2) is 14.8 Å².